The first-order valence-electron chi connectivity index (χ1n) is 8.89. The lowest BCUT2D eigenvalue weighted by Gasteiger charge is -2.14. The molecule has 28 heavy (non-hydrogen) atoms. The zero-order valence-electron chi connectivity index (χ0n) is 14.7. The first-order chi connectivity index (χ1) is 13.5. The number of aliphatic hydroxyl groups is 2. The van der Waals surface area contributed by atoms with Crippen molar-refractivity contribution >= 4 is 28.0 Å². The Kier molecular flexibility index (Phi) is 3.76. The summed E-state index contributed by atoms with van der Waals surface area (Å²) in [6.07, 6.45) is -0.149. The van der Waals surface area contributed by atoms with Gasteiger partial charge in [0.05, 0.1) is 23.7 Å². The Labute approximate surface area is 158 Å². The Morgan fingerprint density at radius 3 is 2.93 bits per heavy atom. The lowest BCUT2D eigenvalue weighted by molar-refractivity contribution is -0.0430. The van der Waals surface area contributed by atoms with Crippen molar-refractivity contribution in [1.29, 1.82) is 0 Å². The van der Waals surface area contributed by atoms with E-state index in [1.54, 1.807) is 10.8 Å². The average Bonchev–Trinajstić information content (AvgIpc) is 3.35. The highest BCUT2D eigenvalue weighted by atomic mass is 16.5. The third-order valence-corrected chi connectivity index (χ3v) is 5.09. The summed E-state index contributed by atoms with van der Waals surface area (Å²) in [7, 11) is 0. The molecule has 9 nitrogen and oxygen atoms in total. The first-order valence-corrected chi connectivity index (χ1v) is 8.89. The molecule has 3 atom stereocenters. The highest BCUT2D eigenvalue weighted by molar-refractivity contribution is 5.95. The number of furan rings is 1. The third kappa shape index (κ3) is 2.52. The van der Waals surface area contributed by atoms with Gasteiger partial charge in [0.2, 0.25) is 5.95 Å². The van der Waals surface area contributed by atoms with Gasteiger partial charge in [0.25, 0.3) is 5.56 Å². The number of para-hydroxylation sites is 1. The van der Waals surface area contributed by atoms with Crippen LogP contribution in [0.3, 0.4) is 0 Å². The number of aliphatic hydroxyl groups excluding tert-OH is 2. The van der Waals surface area contributed by atoms with Crippen LogP contribution in [0.15, 0.2) is 45.7 Å². The summed E-state index contributed by atoms with van der Waals surface area (Å²) < 4.78 is 13.3. The molecule has 1 aromatic carbocycles. The lowest BCUT2D eigenvalue weighted by atomic mass is 10.2. The van der Waals surface area contributed by atoms with Crippen LogP contribution in [0.25, 0.3) is 33.3 Å². The van der Waals surface area contributed by atoms with Gasteiger partial charge in [-0.05, 0) is 12.1 Å². The van der Waals surface area contributed by atoms with Crippen LogP contribution < -0.4 is 11.3 Å². The Bertz CT molecular complexity index is 1210. The van der Waals surface area contributed by atoms with Crippen LogP contribution in [0.4, 0.5) is 5.95 Å². The van der Waals surface area contributed by atoms with E-state index in [4.69, 9.17) is 14.9 Å². The van der Waals surface area contributed by atoms with E-state index in [1.807, 2.05) is 30.3 Å². The Morgan fingerprint density at radius 2 is 2.18 bits per heavy atom. The molecule has 1 aliphatic rings. The fourth-order valence-corrected chi connectivity index (χ4v) is 3.74. The molecule has 9 heteroatoms. The van der Waals surface area contributed by atoms with Crippen molar-refractivity contribution in [2.75, 3.05) is 12.3 Å². The SMILES string of the molecule is Nc1nc2c(c(-c3cc4ccccc4o3)cn2[C@H]2C[C@H](O)[C@@H](CO)O2)c(=O)[nH]1. The Morgan fingerprint density at radius 1 is 1.36 bits per heavy atom. The number of nitrogen functional groups attached to an aromatic ring is 1. The van der Waals surface area contributed by atoms with Crippen LogP contribution in [-0.4, -0.2) is 43.6 Å². The molecule has 4 aromatic rings. The minimum absolute atomic E-state index is 0.0229. The molecule has 5 rings (SSSR count). The van der Waals surface area contributed by atoms with E-state index in [2.05, 4.69) is 9.97 Å². The maximum absolute atomic E-state index is 12.7. The Balaban J connectivity index is 1.73. The van der Waals surface area contributed by atoms with Crippen LogP contribution in [0.1, 0.15) is 12.6 Å². The van der Waals surface area contributed by atoms with Gasteiger partial charge in [-0.25, -0.2) is 0 Å². The fraction of sp³-hybridized carbons (Fsp3) is 0.263. The van der Waals surface area contributed by atoms with Gasteiger partial charge in [-0.2, -0.15) is 4.98 Å². The van der Waals surface area contributed by atoms with Crippen molar-refractivity contribution in [3.63, 3.8) is 0 Å². The molecular formula is C19H18N4O5. The van der Waals surface area contributed by atoms with Gasteiger partial charge in [-0.15, -0.1) is 0 Å². The fourth-order valence-electron chi connectivity index (χ4n) is 3.74. The number of nitrogens with zero attached hydrogens (tertiary/aromatic N) is 2. The van der Waals surface area contributed by atoms with Crippen molar-refractivity contribution < 1.29 is 19.4 Å². The number of hydrogen-bond donors (Lipinski definition) is 4. The number of aromatic amines is 1. The Hall–Kier alpha value is -3.14. The molecule has 4 heterocycles. The van der Waals surface area contributed by atoms with Gasteiger partial charge in [0, 0.05) is 18.0 Å². The van der Waals surface area contributed by atoms with Gasteiger partial charge in [0.15, 0.2) is 5.65 Å². The summed E-state index contributed by atoms with van der Waals surface area (Å²) in [6, 6.07) is 9.40. The molecule has 5 N–H and O–H groups in total. The predicted molar refractivity (Wildman–Crippen MR) is 102 cm³/mol. The number of benzene rings is 1. The molecule has 0 radical (unpaired) electrons. The average molecular weight is 382 g/mol. The minimum Gasteiger partial charge on any atom is -0.456 e. The molecule has 144 valence electrons. The van der Waals surface area contributed by atoms with Crippen LogP contribution in [-0.2, 0) is 4.74 Å². The number of H-pyrrole nitrogens is 1. The molecule has 1 saturated heterocycles. The van der Waals surface area contributed by atoms with Gasteiger partial charge in [-0.1, -0.05) is 18.2 Å². The van der Waals surface area contributed by atoms with Crippen molar-refractivity contribution in [3.05, 3.63) is 46.9 Å². The smallest absolute Gasteiger partial charge is 0.262 e. The van der Waals surface area contributed by atoms with E-state index in [1.165, 1.54) is 0 Å². The van der Waals surface area contributed by atoms with E-state index in [-0.39, 0.29) is 19.0 Å². The second-order valence-electron chi connectivity index (χ2n) is 6.86. The standard InChI is InChI=1S/C19H18N4O5/c20-19-21-17-16(18(26)22-19)10(13-5-9-3-1-2-4-12(9)27-13)7-23(17)15-6-11(25)14(8-24)28-15/h1-5,7,11,14-15,24-25H,6,8H2,(H3,20,21,22,26)/t11-,14+,15+/m0/s1. The van der Waals surface area contributed by atoms with Gasteiger partial charge >= 0.3 is 0 Å². The monoisotopic (exact) mass is 382 g/mol. The quantitative estimate of drug-likeness (QED) is 0.419. The van der Waals surface area contributed by atoms with Crippen LogP contribution in [0.5, 0.6) is 0 Å². The molecular weight excluding hydrogens is 364 g/mol. The molecule has 1 aliphatic heterocycles. The number of nitrogens with two attached hydrogens (primary N) is 1. The lowest BCUT2D eigenvalue weighted by Crippen LogP contribution is -2.24. The van der Waals surface area contributed by atoms with Gasteiger partial charge in [0.1, 0.15) is 23.7 Å². The van der Waals surface area contributed by atoms with Crippen molar-refractivity contribution in [2.45, 2.75) is 24.9 Å². The summed E-state index contributed by atoms with van der Waals surface area (Å²) in [6.45, 7) is -0.302. The maximum atomic E-state index is 12.7. The second kappa shape index (κ2) is 6.20. The third-order valence-electron chi connectivity index (χ3n) is 5.09. The first kappa shape index (κ1) is 17.0. The molecule has 3 aromatic heterocycles. The topological polar surface area (TPSA) is 140 Å². The van der Waals surface area contributed by atoms with Crippen molar-refractivity contribution in [1.82, 2.24) is 14.5 Å². The van der Waals surface area contributed by atoms with Crippen LogP contribution in [0, 0.1) is 0 Å². The second-order valence-corrected chi connectivity index (χ2v) is 6.86. The summed E-state index contributed by atoms with van der Waals surface area (Å²) in [4.78, 5) is 19.5. The normalized spacial score (nSPS) is 22.4. The van der Waals surface area contributed by atoms with Crippen LogP contribution in [0.2, 0.25) is 0 Å². The molecule has 0 spiro atoms. The molecule has 0 unspecified atom stereocenters. The number of fused-ring (bicyclic) bond motifs is 2. The largest absolute Gasteiger partial charge is 0.456 e. The number of ether oxygens (including phenoxy) is 1. The number of anilines is 1. The number of rotatable bonds is 3. The van der Waals surface area contributed by atoms with E-state index >= 15 is 0 Å². The summed E-state index contributed by atoms with van der Waals surface area (Å²) in [5, 5.41) is 20.7. The van der Waals surface area contributed by atoms with Gasteiger partial charge < -0.3 is 29.7 Å². The maximum Gasteiger partial charge on any atom is 0.262 e. The van der Waals surface area contributed by atoms with E-state index in [0.29, 0.717) is 27.9 Å². The number of aromatic nitrogens is 3. The van der Waals surface area contributed by atoms with Crippen molar-refractivity contribution in [3.8, 4) is 11.3 Å². The highest BCUT2D eigenvalue weighted by Crippen LogP contribution is 2.37. The summed E-state index contributed by atoms with van der Waals surface area (Å²) in [5.74, 6) is 0.490. The molecule has 0 amide bonds. The summed E-state index contributed by atoms with van der Waals surface area (Å²) >= 11 is 0. The predicted octanol–water partition coefficient (Wildman–Crippen LogP) is 1.36. The highest BCUT2D eigenvalue weighted by Gasteiger charge is 2.36. The van der Waals surface area contributed by atoms with E-state index in [9.17, 15) is 15.0 Å². The minimum atomic E-state index is -0.818. The zero-order valence-corrected chi connectivity index (χ0v) is 14.7. The van der Waals surface area contributed by atoms with Crippen LogP contribution >= 0.6 is 0 Å². The van der Waals surface area contributed by atoms with E-state index in [0.717, 1.165) is 5.39 Å². The molecule has 0 saturated carbocycles. The zero-order chi connectivity index (χ0) is 19.4. The van der Waals surface area contributed by atoms with Gasteiger partial charge in [-0.3, -0.25) is 9.78 Å². The molecule has 0 aliphatic carbocycles. The van der Waals surface area contributed by atoms with E-state index < -0.39 is 24.0 Å². The summed E-state index contributed by atoms with van der Waals surface area (Å²) in [5.41, 5.74) is 6.93. The van der Waals surface area contributed by atoms with Crippen molar-refractivity contribution in [2.24, 2.45) is 0 Å². The number of hydrogen-bond acceptors (Lipinski definition) is 7. The molecule has 0 bridgehead atoms. The number of nitrogens with one attached hydrogen (secondary N) is 1. The molecule has 1 fully saturated rings.